The van der Waals surface area contributed by atoms with Crippen molar-refractivity contribution in [2.75, 3.05) is 0 Å². The van der Waals surface area contributed by atoms with E-state index in [1.54, 1.807) is 20.8 Å². The van der Waals surface area contributed by atoms with Gasteiger partial charge in [0, 0.05) is 0 Å². The van der Waals surface area contributed by atoms with Crippen LogP contribution in [-0.4, -0.2) is 30.0 Å². The van der Waals surface area contributed by atoms with E-state index < -0.39 is 30.0 Å². The Morgan fingerprint density at radius 1 is 1.15 bits per heavy atom. The van der Waals surface area contributed by atoms with Gasteiger partial charge in [-0.2, -0.15) is 0 Å². The van der Waals surface area contributed by atoms with Crippen LogP contribution < -0.4 is 16.4 Å². The lowest BCUT2D eigenvalue weighted by atomic mass is 10.0. The maximum atomic E-state index is 12.5. The third-order valence-electron chi connectivity index (χ3n) is 3.65. The molecule has 1 rings (SSSR count). The fourth-order valence-corrected chi connectivity index (χ4v) is 2.26. The van der Waals surface area contributed by atoms with Gasteiger partial charge in [-0.1, -0.05) is 49.8 Å². The van der Waals surface area contributed by atoms with E-state index in [-0.39, 0.29) is 18.9 Å². The third kappa shape index (κ3) is 7.38. The fourth-order valence-electron chi connectivity index (χ4n) is 2.26. The van der Waals surface area contributed by atoms with Gasteiger partial charge in [0.25, 0.3) is 0 Å². The van der Waals surface area contributed by atoms with Crippen LogP contribution in [-0.2, 0) is 20.9 Å². The first-order valence-corrected chi connectivity index (χ1v) is 8.42. The number of hydrogen-bond donors (Lipinski definition) is 3. The quantitative estimate of drug-likeness (QED) is 0.583. The molecule has 0 aromatic heterocycles. The molecule has 7 heteroatoms. The predicted molar refractivity (Wildman–Crippen MR) is 98.9 cm³/mol. The molecule has 142 valence electrons. The number of carbonyl (C=O) groups is 3. The highest BCUT2D eigenvalue weighted by Crippen LogP contribution is 2.07. The maximum absolute atomic E-state index is 12.5. The summed E-state index contributed by atoms with van der Waals surface area (Å²) in [5, 5.41) is 5.10. The summed E-state index contributed by atoms with van der Waals surface area (Å²) in [6, 6.07) is 7.47. The van der Waals surface area contributed by atoms with Crippen LogP contribution >= 0.6 is 0 Å². The normalized spacial score (nSPS) is 12.8. The van der Waals surface area contributed by atoms with Crippen LogP contribution in [0.5, 0.6) is 0 Å². The Labute approximate surface area is 154 Å². The molecular formula is C19H27N3O4. The number of primary amides is 1. The van der Waals surface area contributed by atoms with Crippen molar-refractivity contribution < 1.29 is 19.1 Å². The first kappa shape index (κ1) is 21.2. The smallest absolute Gasteiger partial charge is 0.408 e. The Balaban J connectivity index is 2.65. The first-order valence-electron chi connectivity index (χ1n) is 8.42. The van der Waals surface area contributed by atoms with Crippen molar-refractivity contribution in [3.63, 3.8) is 0 Å². The molecule has 0 spiro atoms. The molecule has 1 aromatic carbocycles. The molecule has 0 radical (unpaired) electrons. The van der Waals surface area contributed by atoms with Gasteiger partial charge in [-0.05, 0) is 24.8 Å². The van der Waals surface area contributed by atoms with Gasteiger partial charge in [0.1, 0.15) is 18.7 Å². The van der Waals surface area contributed by atoms with E-state index in [0.29, 0.717) is 5.57 Å². The lowest BCUT2D eigenvalue weighted by Crippen LogP contribution is -2.54. The number of carbonyl (C=O) groups excluding carboxylic acids is 3. The molecule has 0 saturated carbocycles. The maximum Gasteiger partial charge on any atom is 0.408 e. The Morgan fingerprint density at radius 3 is 2.27 bits per heavy atom. The second-order valence-corrected chi connectivity index (χ2v) is 6.55. The van der Waals surface area contributed by atoms with Crippen LogP contribution in [0.1, 0.15) is 32.8 Å². The van der Waals surface area contributed by atoms with E-state index in [1.807, 2.05) is 30.3 Å². The number of ether oxygens (including phenoxy) is 1. The number of nitrogens with one attached hydrogen (secondary N) is 2. The van der Waals surface area contributed by atoms with Crippen molar-refractivity contribution in [2.24, 2.45) is 11.7 Å². The van der Waals surface area contributed by atoms with Gasteiger partial charge in [0.15, 0.2) is 0 Å². The highest BCUT2D eigenvalue weighted by Gasteiger charge is 2.28. The lowest BCUT2D eigenvalue weighted by molar-refractivity contribution is -0.129. The van der Waals surface area contributed by atoms with Crippen LogP contribution in [0, 0.1) is 5.92 Å². The summed E-state index contributed by atoms with van der Waals surface area (Å²) >= 11 is 0. The highest BCUT2D eigenvalue weighted by atomic mass is 16.5. The summed E-state index contributed by atoms with van der Waals surface area (Å²) in [5.74, 6) is -1.37. The van der Waals surface area contributed by atoms with E-state index in [0.717, 1.165) is 5.56 Å². The van der Waals surface area contributed by atoms with Gasteiger partial charge >= 0.3 is 6.09 Å². The Bertz CT molecular complexity index is 643. The Kier molecular flexibility index (Phi) is 8.34. The van der Waals surface area contributed by atoms with Crippen LogP contribution in [0.2, 0.25) is 0 Å². The van der Waals surface area contributed by atoms with Crippen LogP contribution in [0.3, 0.4) is 0 Å². The molecule has 0 heterocycles. The molecule has 0 aliphatic heterocycles. The van der Waals surface area contributed by atoms with Crippen molar-refractivity contribution in [2.45, 2.75) is 45.9 Å². The SMILES string of the molecule is C=C(C)C[C@@H](NC(=O)[C@@H](NC(=O)OCc1ccccc1)C(C)C)C(N)=O. The van der Waals surface area contributed by atoms with Crippen molar-refractivity contribution >= 4 is 17.9 Å². The second kappa shape index (κ2) is 10.2. The van der Waals surface area contributed by atoms with Crippen molar-refractivity contribution in [3.8, 4) is 0 Å². The standard InChI is InChI=1S/C19H27N3O4/c1-12(2)10-15(17(20)23)21-18(24)16(13(3)4)22-19(25)26-11-14-8-6-5-7-9-14/h5-9,13,15-16H,1,10-11H2,2-4H3,(H2,20,23)(H,21,24)(H,22,25)/t15-,16+/m1/s1. The minimum atomic E-state index is -0.872. The zero-order valence-electron chi connectivity index (χ0n) is 15.5. The topological polar surface area (TPSA) is 111 Å². The summed E-state index contributed by atoms with van der Waals surface area (Å²) < 4.78 is 5.14. The number of amides is 3. The molecule has 0 fully saturated rings. The van der Waals surface area contributed by atoms with E-state index in [9.17, 15) is 14.4 Å². The van der Waals surface area contributed by atoms with Crippen LogP contribution in [0.15, 0.2) is 42.5 Å². The van der Waals surface area contributed by atoms with E-state index >= 15 is 0 Å². The summed E-state index contributed by atoms with van der Waals surface area (Å²) in [7, 11) is 0. The highest BCUT2D eigenvalue weighted by molar-refractivity contribution is 5.91. The number of benzene rings is 1. The van der Waals surface area contributed by atoms with E-state index in [2.05, 4.69) is 17.2 Å². The molecule has 0 unspecified atom stereocenters. The molecule has 2 atom stereocenters. The van der Waals surface area contributed by atoms with Gasteiger partial charge in [0.05, 0.1) is 0 Å². The zero-order valence-corrected chi connectivity index (χ0v) is 15.5. The molecule has 0 aliphatic rings. The van der Waals surface area contributed by atoms with Crippen LogP contribution in [0.4, 0.5) is 4.79 Å². The van der Waals surface area contributed by atoms with E-state index in [1.165, 1.54) is 0 Å². The molecule has 0 saturated heterocycles. The molecule has 26 heavy (non-hydrogen) atoms. The largest absolute Gasteiger partial charge is 0.445 e. The van der Waals surface area contributed by atoms with Crippen LogP contribution in [0.25, 0.3) is 0 Å². The molecule has 0 aliphatic carbocycles. The molecule has 1 aromatic rings. The van der Waals surface area contributed by atoms with Crippen molar-refractivity contribution in [1.29, 1.82) is 0 Å². The number of alkyl carbamates (subject to hydrolysis) is 1. The summed E-state index contributed by atoms with van der Waals surface area (Å²) in [6.45, 7) is 9.11. The van der Waals surface area contributed by atoms with Gasteiger partial charge in [-0.3, -0.25) is 9.59 Å². The van der Waals surface area contributed by atoms with Gasteiger partial charge in [-0.15, -0.1) is 6.58 Å². The van der Waals surface area contributed by atoms with Crippen molar-refractivity contribution in [3.05, 3.63) is 48.0 Å². The third-order valence-corrected chi connectivity index (χ3v) is 3.65. The molecular weight excluding hydrogens is 334 g/mol. The lowest BCUT2D eigenvalue weighted by Gasteiger charge is -2.24. The molecule has 4 N–H and O–H groups in total. The Hall–Kier alpha value is -2.83. The van der Waals surface area contributed by atoms with Gasteiger partial charge in [-0.25, -0.2) is 4.79 Å². The minimum Gasteiger partial charge on any atom is -0.445 e. The average molecular weight is 361 g/mol. The average Bonchev–Trinajstić information content (AvgIpc) is 2.57. The summed E-state index contributed by atoms with van der Waals surface area (Å²) in [4.78, 5) is 36.0. The number of rotatable bonds is 9. The summed E-state index contributed by atoms with van der Waals surface area (Å²) in [6.07, 6.45) is -0.470. The Morgan fingerprint density at radius 2 is 1.77 bits per heavy atom. The predicted octanol–water partition coefficient (Wildman–Crippen LogP) is 1.87. The van der Waals surface area contributed by atoms with Gasteiger partial charge < -0.3 is 21.1 Å². The zero-order chi connectivity index (χ0) is 19.7. The molecule has 3 amide bonds. The van der Waals surface area contributed by atoms with Crippen molar-refractivity contribution in [1.82, 2.24) is 10.6 Å². The monoisotopic (exact) mass is 361 g/mol. The fraction of sp³-hybridized carbons (Fsp3) is 0.421. The first-order chi connectivity index (χ1) is 12.2. The number of hydrogen-bond acceptors (Lipinski definition) is 4. The minimum absolute atomic E-state index is 0.0959. The molecule has 0 bridgehead atoms. The summed E-state index contributed by atoms with van der Waals surface area (Å²) in [5.41, 5.74) is 6.87. The number of nitrogens with two attached hydrogens (primary N) is 1. The molecule has 7 nitrogen and oxygen atoms in total. The van der Waals surface area contributed by atoms with E-state index in [4.69, 9.17) is 10.5 Å². The second-order valence-electron chi connectivity index (χ2n) is 6.55. The van der Waals surface area contributed by atoms with Gasteiger partial charge in [0.2, 0.25) is 11.8 Å².